The molecule has 3 aromatic carbocycles. The standard InChI is InChI=1S/C31H20N2O5S/c34-28(24-10-5-17-39-24)27-26(19-11-14-20(15-12-19)33(37)38)31(29(35)21-7-2-3-8-22(21)30(31)36)25-16-13-18-6-1-4-9-23(18)32(25)27/h1-17,25-27H/t25-,26-,27+/m0/s1. The second kappa shape index (κ2) is 8.41. The maximum absolute atomic E-state index is 14.5. The Balaban J connectivity index is 1.54. The molecule has 7 nitrogen and oxygen atoms in total. The van der Waals surface area contributed by atoms with Gasteiger partial charge in [0.2, 0.25) is 0 Å². The molecular weight excluding hydrogens is 512 g/mol. The number of fused-ring (bicyclic) bond motifs is 5. The summed E-state index contributed by atoms with van der Waals surface area (Å²) in [6.07, 6.45) is 3.77. The number of ketones is 3. The van der Waals surface area contributed by atoms with Gasteiger partial charge >= 0.3 is 0 Å². The smallest absolute Gasteiger partial charge is 0.269 e. The molecule has 1 aliphatic carbocycles. The highest BCUT2D eigenvalue weighted by Crippen LogP contribution is 2.61. The minimum absolute atomic E-state index is 0.109. The predicted octanol–water partition coefficient (Wildman–Crippen LogP) is 5.97. The van der Waals surface area contributed by atoms with Crippen molar-refractivity contribution in [2.45, 2.75) is 18.0 Å². The van der Waals surface area contributed by atoms with Crippen LogP contribution in [0.4, 0.5) is 11.4 Å². The molecule has 0 N–H and O–H groups in total. The van der Waals surface area contributed by atoms with Gasteiger partial charge in [-0.15, -0.1) is 11.3 Å². The number of Topliss-reactive ketones (excluding diaryl/α,β-unsaturated/α-hetero) is 3. The van der Waals surface area contributed by atoms with Gasteiger partial charge in [-0.2, -0.15) is 0 Å². The number of hydrogen-bond acceptors (Lipinski definition) is 7. The van der Waals surface area contributed by atoms with Crippen LogP contribution < -0.4 is 4.90 Å². The number of hydrogen-bond donors (Lipinski definition) is 0. The SMILES string of the molecule is O=C(c1cccs1)[C@H]1[C@H](c2ccc([N+](=O)[O-])cc2)C2(C(=O)c3ccccc3C2=O)[C@@H]2C=Cc3ccccc3N21. The number of benzene rings is 3. The molecule has 0 saturated carbocycles. The van der Waals surface area contributed by atoms with Crippen molar-refractivity contribution in [3.05, 3.63) is 134 Å². The van der Waals surface area contributed by atoms with Crippen LogP contribution in [0.5, 0.6) is 0 Å². The Labute approximate surface area is 227 Å². The van der Waals surface area contributed by atoms with Crippen molar-refractivity contribution < 1.29 is 19.3 Å². The Morgan fingerprint density at radius 2 is 1.54 bits per heavy atom. The Kier molecular flexibility index (Phi) is 5.05. The Morgan fingerprint density at radius 1 is 0.872 bits per heavy atom. The minimum atomic E-state index is -1.62. The highest BCUT2D eigenvalue weighted by Gasteiger charge is 2.71. The molecule has 3 aliphatic rings. The molecule has 1 fully saturated rings. The molecule has 2 aliphatic heterocycles. The summed E-state index contributed by atoms with van der Waals surface area (Å²) in [5.41, 5.74) is 1.12. The van der Waals surface area contributed by atoms with Gasteiger partial charge in [-0.05, 0) is 28.6 Å². The summed E-state index contributed by atoms with van der Waals surface area (Å²) in [7, 11) is 0. The van der Waals surface area contributed by atoms with Crippen molar-refractivity contribution in [3.8, 4) is 0 Å². The summed E-state index contributed by atoms with van der Waals surface area (Å²) >= 11 is 1.31. The van der Waals surface area contributed by atoms with Gasteiger partial charge in [-0.25, -0.2) is 0 Å². The molecule has 3 atom stereocenters. The van der Waals surface area contributed by atoms with E-state index in [-0.39, 0.29) is 23.0 Å². The summed E-state index contributed by atoms with van der Waals surface area (Å²) in [4.78, 5) is 56.8. The molecule has 0 bridgehead atoms. The Hall–Kier alpha value is -4.69. The van der Waals surface area contributed by atoms with E-state index in [2.05, 4.69) is 0 Å². The average molecular weight is 533 g/mol. The van der Waals surface area contributed by atoms with Gasteiger partial charge in [-0.1, -0.05) is 72.8 Å². The first-order valence-corrected chi connectivity index (χ1v) is 13.4. The molecule has 1 aromatic heterocycles. The highest BCUT2D eigenvalue weighted by molar-refractivity contribution is 7.12. The molecule has 7 rings (SSSR count). The first-order valence-electron chi connectivity index (χ1n) is 12.5. The number of anilines is 1. The van der Waals surface area contributed by atoms with Crippen LogP contribution in [-0.2, 0) is 0 Å². The third kappa shape index (κ3) is 3.06. The fourth-order valence-corrected chi connectivity index (χ4v) is 7.36. The molecular formula is C31H20N2O5S. The van der Waals surface area contributed by atoms with Crippen molar-refractivity contribution in [2.24, 2.45) is 5.41 Å². The number of rotatable bonds is 4. The van der Waals surface area contributed by atoms with Crippen LogP contribution in [0.1, 0.15) is 47.4 Å². The predicted molar refractivity (Wildman–Crippen MR) is 148 cm³/mol. The van der Waals surface area contributed by atoms with Crippen molar-refractivity contribution in [2.75, 3.05) is 4.90 Å². The van der Waals surface area contributed by atoms with Gasteiger partial charge < -0.3 is 4.90 Å². The summed E-state index contributed by atoms with van der Waals surface area (Å²) in [6, 6.07) is 22.2. The molecule has 3 heterocycles. The molecule has 190 valence electrons. The zero-order valence-corrected chi connectivity index (χ0v) is 21.2. The molecule has 1 spiro atoms. The molecule has 4 aromatic rings. The van der Waals surface area contributed by atoms with E-state index in [9.17, 15) is 24.5 Å². The molecule has 8 heteroatoms. The number of para-hydroxylation sites is 1. The second-order valence-electron chi connectivity index (χ2n) is 9.96. The van der Waals surface area contributed by atoms with E-state index in [1.54, 1.807) is 48.5 Å². The van der Waals surface area contributed by atoms with Crippen molar-refractivity contribution >= 4 is 46.1 Å². The van der Waals surface area contributed by atoms with E-state index in [0.29, 0.717) is 21.6 Å². The lowest BCUT2D eigenvalue weighted by Crippen LogP contribution is -2.48. The Morgan fingerprint density at radius 3 is 2.18 bits per heavy atom. The monoisotopic (exact) mass is 532 g/mol. The van der Waals surface area contributed by atoms with Crippen LogP contribution >= 0.6 is 11.3 Å². The topological polar surface area (TPSA) is 97.6 Å². The van der Waals surface area contributed by atoms with E-state index < -0.39 is 28.3 Å². The van der Waals surface area contributed by atoms with E-state index in [1.165, 1.54) is 23.5 Å². The summed E-state index contributed by atoms with van der Waals surface area (Å²) < 4.78 is 0. The van der Waals surface area contributed by atoms with E-state index >= 15 is 0 Å². The van der Waals surface area contributed by atoms with Crippen molar-refractivity contribution in [1.82, 2.24) is 0 Å². The van der Waals surface area contributed by atoms with E-state index in [4.69, 9.17) is 0 Å². The third-order valence-corrected chi connectivity index (χ3v) is 9.09. The quantitative estimate of drug-likeness (QED) is 0.139. The fraction of sp³-hybridized carbons (Fsp3) is 0.129. The van der Waals surface area contributed by atoms with Gasteiger partial charge in [0.25, 0.3) is 5.69 Å². The Bertz CT molecular complexity index is 1690. The zero-order chi connectivity index (χ0) is 26.9. The van der Waals surface area contributed by atoms with Crippen LogP contribution in [0.3, 0.4) is 0 Å². The minimum Gasteiger partial charge on any atom is -0.352 e. The first kappa shape index (κ1) is 23.4. The molecule has 0 unspecified atom stereocenters. The maximum Gasteiger partial charge on any atom is 0.269 e. The molecule has 39 heavy (non-hydrogen) atoms. The number of nitrogens with zero attached hydrogens (tertiary/aromatic N) is 2. The number of thiophene rings is 1. The van der Waals surface area contributed by atoms with Crippen LogP contribution in [0.25, 0.3) is 6.08 Å². The summed E-state index contributed by atoms with van der Waals surface area (Å²) in [6.45, 7) is 0. The lowest BCUT2D eigenvalue weighted by Gasteiger charge is -2.37. The fourth-order valence-electron chi connectivity index (χ4n) is 6.66. The third-order valence-electron chi connectivity index (χ3n) is 8.21. The number of non-ortho nitro benzene ring substituents is 1. The number of nitro groups is 1. The molecule has 0 amide bonds. The maximum atomic E-state index is 14.5. The first-order chi connectivity index (χ1) is 18.9. The largest absolute Gasteiger partial charge is 0.352 e. The van der Waals surface area contributed by atoms with Gasteiger partial charge in [-0.3, -0.25) is 24.5 Å². The molecule has 0 radical (unpaired) electrons. The lowest BCUT2D eigenvalue weighted by atomic mass is 9.64. The summed E-state index contributed by atoms with van der Waals surface area (Å²) in [5, 5.41) is 13.3. The number of carbonyl (C=O) groups is 3. The number of carbonyl (C=O) groups excluding carboxylic acids is 3. The normalized spacial score (nSPS) is 22.1. The van der Waals surface area contributed by atoms with Crippen LogP contribution in [0, 0.1) is 15.5 Å². The highest BCUT2D eigenvalue weighted by atomic mass is 32.1. The van der Waals surface area contributed by atoms with Crippen molar-refractivity contribution in [3.63, 3.8) is 0 Å². The summed E-state index contributed by atoms with van der Waals surface area (Å²) in [5.74, 6) is -1.74. The van der Waals surface area contributed by atoms with Gasteiger partial charge in [0.1, 0.15) is 11.5 Å². The van der Waals surface area contributed by atoms with Crippen molar-refractivity contribution in [1.29, 1.82) is 0 Å². The van der Waals surface area contributed by atoms with Gasteiger partial charge in [0.15, 0.2) is 17.3 Å². The molecule has 1 saturated heterocycles. The van der Waals surface area contributed by atoms with Gasteiger partial charge in [0, 0.05) is 34.9 Å². The zero-order valence-electron chi connectivity index (χ0n) is 20.4. The van der Waals surface area contributed by atoms with Gasteiger partial charge in [0.05, 0.1) is 15.8 Å². The second-order valence-corrected chi connectivity index (χ2v) is 10.9. The number of nitro benzene ring substituents is 1. The average Bonchev–Trinajstić information content (AvgIpc) is 3.66. The van der Waals surface area contributed by atoms with E-state index in [1.807, 2.05) is 46.7 Å². The van der Waals surface area contributed by atoms with Crippen LogP contribution in [0.15, 0.2) is 96.4 Å². The van der Waals surface area contributed by atoms with Crippen LogP contribution in [0.2, 0.25) is 0 Å². The van der Waals surface area contributed by atoms with Crippen LogP contribution in [-0.4, -0.2) is 34.4 Å². The van der Waals surface area contributed by atoms with E-state index in [0.717, 1.165) is 11.3 Å². The lowest BCUT2D eigenvalue weighted by molar-refractivity contribution is -0.384.